The second kappa shape index (κ2) is 5.51. The summed E-state index contributed by atoms with van der Waals surface area (Å²) in [6, 6.07) is 9.60. The molecule has 1 fully saturated rings. The van der Waals surface area contributed by atoms with Crippen LogP contribution < -0.4 is 10.5 Å². The summed E-state index contributed by atoms with van der Waals surface area (Å²) in [5.41, 5.74) is 7.28. The van der Waals surface area contributed by atoms with E-state index < -0.39 is 0 Å². The molecule has 0 saturated heterocycles. The van der Waals surface area contributed by atoms with Crippen LogP contribution >= 0.6 is 0 Å². The number of ether oxygens (including phenoxy) is 1. The van der Waals surface area contributed by atoms with E-state index in [2.05, 4.69) is 36.2 Å². The molecule has 19 heavy (non-hydrogen) atoms. The minimum Gasteiger partial charge on any atom is -0.493 e. The number of para-hydroxylation sites is 1. The summed E-state index contributed by atoms with van der Waals surface area (Å²) < 4.78 is 5.77. The number of hydrogen-bond acceptors (Lipinski definition) is 3. The van der Waals surface area contributed by atoms with Gasteiger partial charge in [-0.3, -0.25) is 4.90 Å². The van der Waals surface area contributed by atoms with Gasteiger partial charge in [-0.05, 0) is 38.4 Å². The standard InChI is InChI=1S/C16H24N2O/c1-18(14-7-4-5-12(14)11-17)15-9-10-19-16-8-3-2-6-13(15)16/h2-3,6,8,12,14-15H,4-5,7,9-11,17H2,1H3. The van der Waals surface area contributed by atoms with Crippen molar-refractivity contribution in [2.45, 2.75) is 37.8 Å². The lowest BCUT2D eigenvalue weighted by Gasteiger charge is -2.38. The van der Waals surface area contributed by atoms with Gasteiger partial charge in [-0.15, -0.1) is 0 Å². The quantitative estimate of drug-likeness (QED) is 0.907. The van der Waals surface area contributed by atoms with Gasteiger partial charge in [0.05, 0.1) is 6.61 Å². The Kier molecular flexibility index (Phi) is 3.76. The predicted molar refractivity (Wildman–Crippen MR) is 77.2 cm³/mol. The van der Waals surface area contributed by atoms with E-state index in [0.717, 1.165) is 25.3 Å². The van der Waals surface area contributed by atoms with Crippen molar-refractivity contribution < 1.29 is 4.74 Å². The molecule has 3 heteroatoms. The van der Waals surface area contributed by atoms with E-state index in [9.17, 15) is 0 Å². The van der Waals surface area contributed by atoms with Crippen LogP contribution in [-0.2, 0) is 0 Å². The third-order valence-corrected chi connectivity index (χ3v) is 4.86. The maximum absolute atomic E-state index is 5.93. The first-order valence-corrected chi connectivity index (χ1v) is 7.45. The molecule has 1 aromatic rings. The molecule has 1 aliphatic heterocycles. The largest absolute Gasteiger partial charge is 0.493 e. The summed E-state index contributed by atoms with van der Waals surface area (Å²) in [6.45, 7) is 1.64. The summed E-state index contributed by atoms with van der Waals surface area (Å²) in [5.74, 6) is 1.73. The normalized spacial score (nSPS) is 30.2. The third kappa shape index (κ3) is 2.37. The zero-order valence-corrected chi connectivity index (χ0v) is 11.7. The van der Waals surface area contributed by atoms with E-state index in [1.165, 1.54) is 24.8 Å². The predicted octanol–water partition coefficient (Wildman–Crippen LogP) is 2.57. The first kappa shape index (κ1) is 12.9. The van der Waals surface area contributed by atoms with E-state index >= 15 is 0 Å². The van der Waals surface area contributed by atoms with Gasteiger partial charge in [-0.1, -0.05) is 24.6 Å². The molecule has 3 nitrogen and oxygen atoms in total. The zero-order valence-electron chi connectivity index (χ0n) is 11.7. The Bertz CT molecular complexity index is 435. The van der Waals surface area contributed by atoms with Crippen LogP contribution in [0.2, 0.25) is 0 Å². The first-order chi connectivity index (χ1) is 9.31. The van der Waals surface area contributed by atoms with Crippen LogP contribution in [0.5, 0.6) is 5.75 Å². The van der Waals surface area contributed by atoms with Gasteiger partial charge in [0.25, 0.3) is 0 Å². The maximum Gasteiger partial charge on any atom is 0.124 e. The lowest BCUT2D eigenvalue weighted by Crippen LogP contribution is -2.41. The van der Waals surface area contributed by atoms with Gasteiger partial charge in [-0.2, -0.15) is 0 Å². The Morgan fingerprint density at radius 1 is 1.26 bits per heavy atom. The summed E-state index contributed by atoms with van der Waals surface area (Å²) in [5, 5.41) is 0. The smallest absolute Gasteiger partial charge is 0.124 e. The van der Waals surface area contributed by atoms with Crippen molar-refractivity contribution in [1.82, 2.24) is 4.90 Å². The van der Waals surface area contributed by atoms with Crippen molar-refractivity contribution in [2.24, 2.45) is 11.7 Å². The SMILES string of the molecule is CN(C1CCOc2ccccc21)C1CCCC1CN. The van der Waals surface area contributed by atoms with Crippen LogP contribution in [0.1, 0.15) is 37.3 Å². The molecule has 0 aromatic heterocycles. The fourth-order valence-corrected chi connectivity index (χ4v) is 3.81. The number of rotatable bonds is 3. The summed E-state index contributed by atoms with van der Waals surface area (Å²) in [7, 11) is 2.27. The van der Waals surface area contributed by atoms with Gasteiger partial charge >= 0.3 is 0 Å². The van der Waals surface area contributed by atoms with Crippen molar-refractivity contribution >= 4 is 0 Å². The van der Waals surface area contributed by atoms with Gasteiger partial charge < -0.3 is 10.5 Å². The third-order valence-electron chi connectivity index (χ3n) is 4.86. The molecule has 0 amide bonds. The molecule has 3 unspecified atom stereocenters. The summed E-state index contributed by atoms with van der Waals surface area (Å²) in [4.78, 5) is 2.56. The topological polar surface area (TPSA) is 38.5 Å². The average Bonchev–Trinajstić information content (AvgIpc) is 2.94. The van der Waals surface area contributed by atoms with Crippen LogP contribution in [0.25, 0.3) is 0 Å². The number of hydrogen-bond donors (Lipinski definition) is 1. The van der Waals surface area contributed by atoms with Crippen molar-refractivity contribution in [2.75, 3.05) is 20.2 Å². The Labute approximate surface area is 115 Å². The molecule has 1 heterocycles. The van der Waals surface area contributed by atoms with E-state index in [4.69, 9.17) is 10.5 Å². The van der Waals surface area contributed by atoms with E-state index in [-0.39, 0.29) is 0 Å². The molecule has 3 rings (SSSR count). The van der Waals surface area contributed by atoms with Crippen LogP contribution in [-0.4, -0.2) is 31.1 Å². The van der Waals surface area contributed by atoms with Gasteiger partial charge in [0.2, 0.25) is 0 Å². The second-order valence-corrected chi connectivity index (χ2v) is 5.85. The maximum atomic E-state index is 5.93. The lowest BCUT2D eigenvalue weighted by atomic mass is 9.95. The van der Waals surface area contributed by atoms with Gasteiger partial charge in [-0.25, -0.2) is 0 Å². The molecule has 3 atom stereocenters. The molecule has 0 radical (unpaired) electrons. The molecule has 104 valence electrons. The fraction of sp³-hybridized carbons (Fsp3) is 0.625. The highest BCUT2D eigenvalue weighted by Crippen LogP contribution is 2.39. The molecule has 2 aliphatic rings. The minimum atomic E-state index is 0.488. The van der Waals surface area contributed by atoms with Gasteiger partial charge in [0, 0.05) is 24.1 Å². The number of nitrogens with two attached hydrogens (primary N) is 1. The Morgan fingerprint density at radius 3 is 2.95 bits per heavy atom. The van der Waals surface area contributed by atoms with Gasteiger partial charge in [0.1, 0.15) is 5.75 Å². The molecule has 1 saturated carbocycles. The Hall–Kier alpha value is -1.06. The Balaban J connectivity index is 1.83. The molecular weight excluding hydrogens is 236 g/mol. The van der Waals surface area contributed by atoms with E-state index in [0.29, 0.717) is 18.0 Å². The number of nitrogens with zero attached hydrogens (tertiary/aromatic N) is 1. The highest BCUT2D eigenvalue weighted by atomic mass is 16.5. The lowest BCUT2D eigenvalue weighted by molar-refractivity contribution is 0.105. The van der Waals surface area contributed by atoms with Crippen LogP contribution in [0.15, 0.2) is 24.3 Å². The van der Waals surface area contributed by atoms with E-state index in [1.54, 1.807) is 0 Å². The van der Waals surface area contributed by atoms with Crippen molar-refractivity contribution in [3.05, 3.63) is 29.8 Å². The zero-order chi connectivity index (χ0) is 13.2. The number of fused-ring (bicyclic) bond motifs is 1. The summed E-state index contributed by atoms with van der Waals surface area (Å²) in [6.07, 6.45) is 4.98. The van der Waals surface area contributed by atoms with E-state index in [1.807, 2.05) is 0 Å². The van der Waals surface area contributed by atoms with Crippen molar-refractivity contribution in [3.8, 4) is 5.75 Å². The fourth-order valence-electron chi connectivity index (χ4n) is 3.81. The first-order valence-electron chi connectivity index (χ1n) is 7.45. The van der Waals surface area contributed by atoms with Crippen LogP contribution in [0.4, 0.5) is 0 Å². The Morgan fingerprint density at radius 2 is 2.11 bits per heavy atom. The minimum absolute atomic E-state index is 0.488. The van der Waals surface area contributed by atoms with Crippen LogP contribution in [0, 0.1) is 5.92 Å². The monoisotopic (exact) mass is 260 g/mol. The molecule has 1 aromatic carbocycles. The van der Waals surface area contributed by atoms with Crippen LogP contribution in [0.3, 0.4) is 0 Å². The average molecular weight is 260 g/mol. The highest BCUT2D eigenvalue weighted by molar-refractivity contribution is 5.37. The van der Waals surface area contributed by atoms with Crippen molar-refractivity contribution in [3.63, 3.8) is 0 Å². The molecule has 2 N–H and O–H groups in total. The van der Waals surface area contributed by atoms with Crippen molar-refractivity contribution in [1.29, 1.82) is 0 Å². The summed E-state index contributed by atoms with van der Waals surface area (Å²) >= 11 is 0. The molecule has 1 aliphatic carbocycles. The highest BCUT2D eigenvalue weighted by Gasteiger charge is 2.35. The number of benzene rings is 1. The second-order valence-electron chi connectivity index (χ2n) is 5.85. The molecule has 0 spiro atoms. The molecule has 0 bridgehead atoms. The molecular formula is C16H24N2O. The van der Waals surface area contributed by atoms with Gasteiger partial charge in [0.15, 0.2) is 0 Å².